The number of nitrogens with two attached hydrogens (primary N) is 1. The third-order valence-electron chi connectivity index (χ3n) is 2.76. The number of anilines is 2. The monoisotopic (exact) mass is 222 g/mol. The first kappa shape index (κ1) is 10.8. The summed E-state index contributed by atoms with van der Waals surface area (Å²) >= 11 is 0. The molecule has 5 heteroatoms. The highest BCUT2D eigenvalue weighted by Gasteiger charge is 2.24. The number of carboxylic acid groups (broad SMARTS) is 1. The van der Waals surface area contributed by atoms with Crippen molar-refractivity contribution in [3.8, 4) is 0 Å². The lowest BCUT2D eigenvalue weighted by molar-refractivity contribution is 0.0697. The number of rotatable bonds is 2. The van der Waals surface area contributed by atoms with Crippen molar-refractivity contribution < 1.29 is 15.0 Å². The zero-order chi connectivity index (χ0) is 11.7. The number of hydrogen-bond acceptors (Lipinski definition) is 4. The van der Waals surface area contributed by atoms with Crippen molar-refractivity contribution in [2.24, 2.45) is 0 Å². The molecule has 5 nitrogen and oxygen atoms in total. The van der Waals surface area contributed by atoms with Gasteiger partial charge in [-0.25, -0.2) is 4.79 Å². The molecule has 0 amide bonds. The van der Waals surface area contributed by atoms with Crippen molar-refractivity contribution in [3.05, 3.63) is 23.8 Å². The first-order chi connectivity index (χ1) is 7.58. The Kier molecular flexibility index (Phi) is 2.70. The predicted molar refractivity (Wildman–Crippen MR) is 60.7 cm³/mol. The molecule has 0 bridgehead atoms. The number of carboxylic acids is 1. The molecular formula is C11H14N2O3. The highest BCUT2D eigenvalue weighted by atomic mass is 16.4. The van der Waals surface area contributed by atoms with Gasteiger partial charge in [0.1, 0.15) is 0 Å². The van der Waals surface area contributed by atoms with E-state index in [4.69, 9.17) is 10.8 Å². The second kappa shape index (κ2) is 4.02. The smallest absolute Gasteiger partial charge is 0.337 e. The third-order valence-corrected chi connectivity index (χ3v) is 2.76. The van der Waals surface area contributed by atoms with Gasteiger partial charge in [0.2, 0.25) is 0 Å². The van der Waals surface area contributed by atoms with Gasteiger partial charge in [-0.05, 0) is 24.6 Å². The van der Waals surface area contributed by atoms with Gasteiger partial charge in [0.15, 0.2) is 0 Å². The van der Waals surface area contributed by atoms with Crippen LogP contribution in [0.3, 0.4) is 0 Å². The molecule has 1 aliphatic heterocycles. The molecule has 1 atom stereocenters. The summed E-state index contributed by atoms with van der Waals surface area (Å²) in [6.07, 6.45) is 0.275. The summed E-state index contributed by atoms with van der Waals surface area (Å²) in [7, 11) is 0. The van der Waals surface area contributed by atoms with Crippen LogP contribution in [0.4, 0.5) is 11.4 Å². The SMILES string of the molecule is Nc1ccc(C(=O)O)c(N2CCC(O)C2)c1. The highest BCUT2D eigenvalue weighted by molar-refractivity contribution is 5.95. The quantitative estimate of drug-likeness (QED) is 0.636. The predicted octanol–water partition coefficient (Wildman–Crippen LogP) is 0.538. The van der Waals surface area contributed by atoms with Gasteiger partial charge >= 0.3 is 5.97 Å². The summed E-state index contributed by atoms with van der Waals surface area (Å²) in [5, 5.41) is 18.5. The summed E-state index contributed by atoms with van der Waals surface area (Å²) < 4.78 is 0. The average Bonchev–Trinajstić information content (AvgIpc) is 2.64. The number of aromatic carboxylic acids is 1. The second-order valence-corrected chi connectivity index (χ2v) is 3.97. The molecule has 0 aromatic heterocycles. The maximum absolute atomic E-state index is 11.0. The highest BCUT2D eigenvalue weighted by Crippen LogP contribution is 2.27. The zero-order valence-electron chi connectivity index (χ0n) is 8.76. The molecule has 1 saturated heterocycles. The van der Waals surface area contributed by atoms with Crippen LogP contribution in [0.1, 0.15) is 16.8 Å². The minimum Gasteiger partial charge on any atom is -0.478 e. The Morgan fingerprint density at radius 1 is 1.50 bits per heavy atom. The number of aliphatic hydroxyl groups excluding tert-OH is 1. The molecule has 0 saturated carbocycles. The minimum atomic E-state index is -0.976. The first-order valence-electron chi connectivity index (χ1n) is 5.14. The molecule has 1 heterocycles. The van der Waals surface area contributed by atoms with E-state index in [1.807, 2.05) is 4.90 Å². The van der Waals surface area contributed by atoms with Crippen molar-refractivity contribution in [1.82, 2.24) is 0 Å². The Balaban J connectivity index is 2.37. The number of hydrogen-bond donors (Lipinski definition) is 3. The molecular weight excluding hydrogens is 208 g/mol. The van der Waals surface area contributed by atoms with Crippen LogP contribution in [0, 0.1) is 0 Å². The van der Waals surface area contributed by atoms with Crippen LogP contribution in [0.15, 0.2) is 18.2 Å². The summed E-state index contributed by atoms with van der Waals surface area (Å²) in [5.41, 5.74) is 6.99. The van der Waals surface area contributed by atoms with Crippen LogP contribution in [0.5, 0.6) is 0 Å². The molecule has 0 aliphatic carbocycles. The van der Waals surface area contributed by atoms with E-state index in [9.17, 15) is 9.90 Å². The largest absolute Gasteiger partial charge is 0.478 e. The molecule has 1 aromatic rings. The van der Waals surface area contributed by atoms with Crippen LogP contribution < -0.4 is 10.6 Å². The normalized spacial score (nSPS) is 20.1. The topological polar surface area (TPSA) is 86.8 Å². The Hall–Kier alpha value is -1.75. The second-order valence-electron chi connectivity index (χ2n) is 3.97. The van der Waals surface area contributed by atoms with E-state index in [1.165, 1.54) is 6.07 Å². The van der Waals surface area contributed by atoms with Crippen molar-refractivity contribution >= 4 is 17.3 Å². The summed E-state index contributed by atoms with van der Waals surface area (Å²) in [5.74, 6) is -0.976. The molecule has 0 spiro atoms. The molecule has 1 aromatic carbocycles. The van der Waals surface area contributed by atoms with Crippen molar-refractivity contribution in [3.63, 3.8) is 0 Å². The van der Waals surface area contributed by atoms with Crippen molar-refractivity contribution in [2.75, 3.05) is 23.7 Å². The maximum atomic E-state index is 11.0. The number of nitrogens with zero attached hydrogens (tertiary/aromatic N) is 1. The van der Waals surface area contributed by atoms with Crippen molar-refractivity contribution in [1.29, 1.82) is 0 Å². The first-order valence-corrected chi connectivity index (χ1v) is 5.14. The zero-order valence-corrected chi connectivity index (χ0v) is 8.76. The molecule has 1 unspecified atom stereocenters. The van der Waals surface area contributed by atoms with Gasteiger partial charge in [0, 0.05) is 18.8 Å². The molecule has 1 fully saturated rings. The fourth-order valence-corrected chi connectivity index (χ4v) is 1.95. The van der Waals surface area contributed by atoms with Crippen LogP contribution in [0.25, 0.3) is 0 Å². The van der Waals surface area contributed by atoms with Gasteiger partial charge in [-0.3, -0.25) is 0 Å². The van der Waals surface area contributed by atoms with Crippen LogP contribution >= 0.6 is 0 Å². The van der Waals surface area contributed by atoms with Crippen LogP contribution in [-0.4, -0.2) is 35.4 Å². The Morgan fingerprint density at radius 2 is 2.25 bits per heavy atom. The van der Waals surface area contributed by atoms with E-state index in [2.05, 4.69) is 0 Å². The molecule has 1 aliphatic rings. The van der Waals surface area contributed by atoms with E-state index in [0.717, 1.165) is 0 Å². The van der Waals surface area contributed by atoms with E-state index in [-0.39, 0.29) is 11.7 Å². The molecule has 0 radical (unpaired) electrons. The Bertz CT molecular complexity index is 420. The van der Waals surface area contributed by atoms with Gasteiger partial charge in [-0.15, -0.1) is 0 Å². The fourth-order valence-electron chi connectivity index (χ4n) is 1.95. The maximum Gasteiger partial charge on any atom is 0.337 e. The van der Waals surface area contributed by atoms with Crippen LogP contribution in [-0.2, 0) is 0 Å². The average molecular weight is 222 g/mol. The van der Waals surface area contributed by atoms with E-state index >= 15 is 0 Å². The van der Waals surface area contributed by atoms with Gasteiger partial charge in [0.05, 0.1) is 17.4 Å². The third kappa shape index (κ3) is 1.94. The van der Waals surface area contributed by atoms with Gasteiger partial charge in [0.25, 0.3) is 0 Å². The lowest BCUT2D eigenvalue weighted by Gasteiger charge is -2.20. The van der Waals surface area contributed by atoms with Gasteiger partial charge < -0.3 is 20.8 Å². The molecule has 4 N–H and O–H groups in total. The number of carbonyl (C=O) groups is 1. The lowest BCUT2D eigenvalue weighted by atomic mass is 10.1. The minimum absolute atomic E-state index is 0.225. The number of benzene rings is 1. The Morgan fingerprint density at radius 3 is 2.81 bits per heavy atom. The fraction of sp³-hybridized carbons (Fsp3) is 0.364. The lowest BCUT2D eigenvalue weighted by Crippen LogP contribution is -2.23. The number of nitrogen functional groups attached to an aromatic ring is 1. The summed E-state index contributed by atoms with van der Waals surface area (Å²) in [6.45, 7) is 1.12. The number of aliphatic hydroxyl groups is 1. The van der Waals surface area contributed by atoms with E-state index in [1.54, 1.807) is 12.1 Å². The molecule has 2 rings (SSSR count). The van der Waals surface area contributed by atoms with Gasteiger partial charge in [-0.1, -0.05) is 0 Å². The molecule has 86 valence electrons. The van der Waals surface area contributed by atoms with E-state index < -0.39 is 5.97 Å². The molecule has 16 heavy (non-hydrogen) atoms. The number of β-amino-alcohol motifs (C(OH)–C–C–N with tert-alkyl or cyclic N) is 1. The summed E-state index contributed by atoms with van der Waals surface area (Å²) in [6, 6.07) is 4.71. The van der Waals surface area contributed by atoms with E-state index in [0.29, 0.717) is 30.9 Å². The summed E-state index contributed by atoms with van der Waals surface area (Å²) in [4.78, 5) is 12.9. The van der Waals surface area contributed by atoms with Gasteiger partial charge in [-0.2, -0.15) is 0 Å². The Labute approximate surface area is 93.1 Å². The van der Waals surface area contributed by atoms with Crippen molar-refractivity contribution in [2.45, 2.75) is 12.5 Å². The van der Waals surface area contributed by atoms with Crippen LogP contribution in [0.2, 0.25) is 0 Å². The standard InChI is InChI=1S/C11H14N2O3/c12-7-1-2-9(11(15)16)10(5-7)13-4-3-8(14)6-13/h1-2,5,8,14H,3-4,6,12H2,(H,15,16).